The third kappa shape index (κ3) is 5.78. The van der Waals surface area contributed by atoms with Gasteiger partial charge in [0.05, 0.1) is 6.54 Å². The first-order valence-electron chi connectivity index (χ1n) is 1.81. The van der Waals surface area contributed by atoms with Crippen LogP contribution in [0.1, 0.15) is 0 Å². The van der Waals surface area contributed by atoms with Gasteiger partial charge < -0.3 is 5.21 Å². The smallest absolute Gasteiger partial charge is 0.253 e. The van der Waals surface area contributed by atoms with Crippen molar-refractivity contribution in [1.82, 2.24) is 5.06 Å². The van der Waals surface area contributed by atoms with Gasteiger partial charge in [0.2, 0.25) is 0 Å². The molecule has 0 aromatic carbocycles. The molecule has 0 aliphatic carbocycles. The topological polar surface area (TPSA) is 23.5 Å². The molecule has 7 heavy (non-hydrogen) atoms. The molecular formula is C3H7F2NO. The Labute approximate surface area is 40.3 Å². The minimum absolute atomic E-state index is 0.449. The van der Waals surface area contributed by atoms with Gasteiger partial charge >= 0.3 is 0 Å². The molecule has 0 fully saturated rings. The first-order valence-corrected chi connectivity index (χ1v) is 1.81. The molecule has 0 unspecified atom stereocenters. The predicted molar refractivity (Wildman–Crippen MR) is 20.4 cm³/mol. The number of alkyl halides is 2. The highest BCUT2D eigenvalue weighted by Gasteiger charge is 2.02. The highest BCUT2D eigenvalue weighted by molar-refractivity contribution is 4.36. The Morgan fingerprint density at radius 2 is 2.14 bits per heavy atom. The zero-order valence-electron chi connectivity index (χ0n) is 3.93. The second-order valence-corrected chi connectivity index (χ2v) is 1.23. The van der Waals surface area contributed by atoms with Crippen molar-refractivity contribution in [3.05, 3.63) is 0 Å². The maximum atomic E-state index is 11.1. The van der Waals surface area contributed by atoms with Crippen molar-refractivity contribution < 1.29 is 14.0 Å². The summed E-state index contributed by atoms with van der Waals surface area (Å²) in [7, 11) is 1.17. The van der Waals surface area contributed by atoms with E-state index >= 15 is 0 Å². The molecule has 0 saturated heterocycles. The molecule has 4 heteroatoms. The molecule has 0 aromatic heterocycles. The minimum Gasteiger partial charge on any atom is -0.314 e. The fraction of sp³-hybridized carbons (Fsp3) is 1.00. The van der Waals surface area contributed by atoms with Crippen LogP contribution in [0.4, 0.5) is 8.78 Å². The summed E-state index contributed by atoms with van der Waals surface area (Å²) in [5, 5.41) is 8.53. The van der Waals surface area contributed by atoms with Crippen LogP contribution in [-0.4, -0.2) is 30.3 Å². The molecule has 0 radical (unpaired) electrons. The third-order valence-corrected chi connectivity index (χ3v) is 0.402. The fourth-order valence-electron chi connectivity index (χ4n) is 0.200. The molecule has 44 valence electrons. The maximum Gasteiger partial charge on any atom is 0.253 e. The van der Waals surface area contributed by atoms with Gasteiger partial charge in [-0.1, -0.05) is 0 Å². The van der Waals surface area contributed by atoms with Crippen LogP contribution < -0.4 is 0 Å². The number of nitrogens with zero attached hydrogens (tertiary/aromatic N) is 1. The lowest BCUT2D eigenvalue weighted by atomic mass is 10.7. The van der Waals surface area contributed by atoms with Crippen molar-refractivity contribution in [2.24, 2.45) is 0 Å². The average molecular weight is 111 g/mol. The van der Waals surface area contributed by atoms with Crippen LogP contribution in [0, 0.1) is 0 Å². The summed E-state index contributed by atoms with van der Waals surface area (Å²) in [6.45, 7) is -0.583. The number of halogens is 2. The Bertz CT molecular complexity index is 42.2. The van der Waals surface area contributed by atoms with Crippen molar-refractivity contribution in [2.45, 2.75) is 6.43 Å². The quantitative estimate of drug-likeness (QED) is 0.526. The summed E-state index contributed by atoms with van der Waals surface area (Å²) < 4.78 is 22.2. The van der Waals surface area contributed by atoms with Crippen molar-refractivity contribution in [2.75, 3.05) is 13.6 Å². The zero-order chi connectivity index (χ0) is 5.86. The van der Waals surface area contributed by atoms with Crippen LogP contribution in [0.5, 0.6) is 0 Å². The van der Waals surface area contributed by atoms with Crippen LogP contribution >= 0.6 is 0 Å². The van der Waals surface area contributed by atoms with Gasteiger partial charge in [-0.3, -0.25) is 0 Å². The first-order chi connectivity index (χ1) is 3.13. The number of hydroxylamine groups is 2. The van der Waals surface area contributed by atoms with E-state index in [-0.39, 0.29) is 0 Å². The Kier molecular flexibility index (Phi) is 2.78. The molecular weight excluding hydrogens is 104 g/mol. The molecule has 1 N–H and O–H groups in total. The summed E-state index contributed by atoms with van der Waals surface area (Å²) in [5.41, 5.74) is 0. The van der Waals surface area contributed by atoms with E-state index in [4.69, 9.17) is 5.21 Å². The Hall–Kier alpha value is -0.220. The highest BCUT2D eigenvalue weighted by Crippen LogP contribution is 1.90. The third-order valence-electron chi connectivity index (χ3n) is 0.402. The Balaban J connectivity index is 2.95. The van der Waals surface area contributed by atoms with E-state index in [1.807, 2.05) is 0 Å². The van der Waals surface area contributed by atoms with Crippen LogP contribution in [0.2, 0.25) is 0 Å². The molecule has 0 heterocycles. The van der Waals surface area contributed by atoms with Gasteiger partial charge in [0, 0.05) is 7.05 Å². The van der Waals surface area contributed by atoms with Gasteiger partial charge in [-0.15, -0.1) is 0 Å². The van der Waals surface area contributed by atoms with E-state index in [1.54, 1.807) is 0 Å². The standard InChI is InChI=1S/C3H7F2NO/c1-6(7)2-3(4)5/h3,7H,2H2,1H3. The monoisotopic (exact) mass is 111 g/mol. The van der Waals surface area contributed by atoms with E-state index in [1.165, 1.54) is 7.05 Å². The maximum absolute atomic E-state index is 11.1. The van der Waals surface area contributed by atoms with Gasteiger partial charge in [0.15, 0.2) is 0 Å². The second-order valence-electron chi connectivity index (χ2n) is 1.23. The van der Waals surface area contributed by atoms with E-state index in [0.717, 1.165) is 0 Å². The van der Waals surface area contributed by atoms with Crippen molar-refractivity contribution in [1.29, 1.82) is 0 Å². The van der Waals surface area contributed by atoms with Crippen molar-refractivity contribution in [3.8, 4) is 0 Å². The number of rotatable bonds is 2. The van der Waals surface area contributed by atoms with Crippen LogP contribution in [0.3, 0.4) is 0 Å². The number of hydrogen-bond donors (Lipinski definition) is 1. The molecule has 0 bridgehead atoms. The largest absolute Gasteiger partial charge is 0.314 e. The van der Waals surface area contributed by atoms with Crippen molar-refractivity contribution in [3.63, 3.8) is 0 Å². The van der Waals surface area contributed by atoms with Gasteiger partial charge in [-0.25, -0.2) is 8.78 Å². The van der Waals surface area contributed by atoms with Crippen LogP contribution in [0.15, 0.2) is 0 Å². The Morgan fingerprint density at radius 1 is 1.71 bits per heavy atom. The first kappa shape index (κ1) is 6.78. The fourth-order valence-corrected chi connectivity index (χ4v) is 0.200. The molecule has 0 rings (SSSR count). The minimum atomic E-state index is -2.45. The molecule has 0 aliphatic heterocycles. The molecule has 0 atom stereocenters. The summed E-state index contributed by atoms with van der Waals surface area (Å²) >= 11 is 0. The predicted octanol–water partition coefficient (Wildman–Crippen LogP) is 0.573. The molecule has 0 amide bonds. The summed E-state index contributed by atoms with van der Waals surface area (Å²) in [5.74, 6) is 0. The lowest BCUT2D eigenvalue weighted by Crippen LogP contribution is -2.19. The summed E-state index contributed by atoms with van der Waals surface area (Å²) in [6.07, 6.45) is -2.45. The number of hydrogen-bond acceptors (Lipinski definition) is 2. The molecule has 0 aromatic rings. The van der Waals surface area contributed by atoms with Crippen LogP contribution in [-0.2, 0) is 0 Å². The molecule has 0 saturated carbocycles. The van der Waals surface area contributed by atoms with E-state index in [0.29, 0.717) is 5.06 Å². The normalized spacial score (nSPS) is 11.1. The highest BCUT2D eigenvalue weighted by atomic mass is 19.3. The lowest BCUT2D eigenvalue weighted by Gasteiger charge is -2.04. The average Bonchev–Trinajstić information content (AvgIpc) is 1.27. The summed E-state index contributed by atoms with van der Waals surface area (Å²) in [6, 6.07) is 0. The Morgan fingerprint density at radius 3 is 2.14 bits per heavy atom. The zero-order valence-corrected chi connectivity index (χ0v) is 3.93. The van der Waals surface area contributed by atoms with Gasteiger partial charge in [0.1, 0.15) is 0 Å². The second kappa shape index (κ2) is 2.87. The lowest BCUT2D eigenvalue weighted by molar-refractivity contribution is -0.0967. The van der Waals surface area contributed by atoms with E-state index in [2.05, 4.69) is 0 Å². The van der Waals surface area contributed by atoms with Crippen molar-refractivity contribution >= 4 is 0 Å². The van der Waals surface area contributed by atoms with Crippen LogP contribution in [0.25, 0.3) is 0 Å². The van der Waals surface area contributed by atoms with E-state index < -0.39 is 13.0 Å². The van der Waals surface area contributed by atoms with Gasteiger partial charge in [-0.05, 0) is 0 Å². The molecule has 0 spiro atoms. The summed E-state index contributed by atoms with van der Waals surface area (Å²) in [4.78, 5) is 0. The molecule has 0 aliphatic rings. The van der Waals surface area contributed by atoms with E-state index in [9.17, 15) is 8.78 Å². The SMILES string of the molecule is CN(O)CC(F)F. The molecule has 2 nitrogen and oxygen atoms in total. The van der Waals surface area contributed by atoms with Gasteiger partial charge in [-0.2, -0.15) is 5.06 Å². The van der Waals surface area contributed by atoms with Gasteiger partial charge in [0.25, 0.3) is 6.43 Å².